The van der Waals surface area contributed by atoms with Crippen LogP contribution < -0.4 is 15.9 Å². The first kappa shape index (κ1) is 29.7. The summed E-state index contributed by atoms with van der Waals surface area (Å²) in [5, 5.41) is 2.78. The van der Waals surface area contributed by atoms with E-state index in [-0.39, 0.29) is 6.61 Å². The zero-order chi connectivity index (χ0) is 28.5. The molecule has 0 amide bonds. The first-order chi connectivity index (χ1) is 18.7. The lowest BCUT2D eigenvalue weighted by Gasteiger charge is -2.33. The number of ether oxygens (including phenoxy) is 2. The average Bonchev–Trinajstić information content (AvgIpc) is 2.94. The van der Waals surface area contributed by atoms with Crippen molar-refractivity contribution in [2.45, 2.75) is 19.5 Å². The Morgan fingerprint density at radius 2 is 1.31 bits per heavy atom. The zero-order valence-electron chi connectivity index (χ0n) is 21.7. The summed E-state index contributed by atoms with van der Waals surface area (Å²) in [6, 6.07) is 28.1. The van der Waals surface area contributed by atoms with Gasteiger partial charge in [0.15, 0.2) is 0 Å². The molecule has 0 heterocycles. The molecule has 0 aliphatic carbocycles. The maximum absolute atomic E-state index is 14.2. The van der Waals surface area contributed by atoms with Gasteiger partial charge in [0.2, 0.25) is 0 Å². The predicted molar refractivity (Wildman–Crippen MR) is 148 cm³/mol. The molecule has 0 spiro atoms. The summed E-state index contributed by atoms with van der Waals surface area (Å²) in [5.41, 5.74) is 0. The topological polar surface area (TPSA) is 52.6 Å². The molecular formula is C31H29F3O4P+. The first-order valence-electron chi connectivity index (χ1n) is 12.2. The van der Waals surface area contributed by atoms with Gasteiger partial charge in [-0.3, -0.25) is 4.79 Å². The molecular weight excluding hydrogens is 524 g/mol. The Morgan fingerprint density at radius 3 is 1.67 bits per heavy atom. The highest BCUT2D eigenvalue weighted by molar-refractivity contribution is 7.99. The average molecular weight is 554 g/mol. The Morgan fingerprint density at radius 1 is 0.872 bits per heavy atom. The SMILES string of the molecule is C=C(C(CC(C#CC(=O)OC)C(F)(F)F)C(=O)OCC)[P+](c1ccccc1)(c1ccccc1)c1ccccc1. The quantitative estimate of drug-likeness (QED) is 0.154. The number of benzene rings is 3. The van der Waals surface area contributed by atoms with Gasteiger partial charge in [0.05, 0.1) is 19.0 Å². The van der Waals surface area contributed by atoms with Crippen molar-refractivity contribution in [2.24, 2.45) is 11.8 Å². The Labute approximate surface area is 227 Å². The maximum atomic E-state index is 14.2. The van der Waals surface area contributed by atoms with E-state index in [9.17, 15) is 22.8 Å². The molecule has 3 aromatic rings. The van der Waals surface area contributed by atoms with E-state index in [0.717, 1.165) is 23.0 Å². The molecule has 0 aliphatic heterocycles. The van der Waals surface area contributed by atoms with E-state index in [1.165, 1.54) is 0 Å². The summed E-state index contributed by atoms with van der Waals surface area (Å²) in [5.74, 6) is -1.75. The van der Waals surface area contributed by atoms with E-state index in [2.05, 4.69) is 11.3 Å². The van der Waals surface area contributed by atoms with Crippen LogP contribution in [0.2, 0.25) is 0 Å². The smallest absolute Gasteiger partial charge is 0.402 e. The van der Waals surface area contributed by atoms with Crippen molar-refractivity contribution >= 4 is 35.1 Å². The maximum Gasteiger partial charge on any atom is 0.402 e. The number of carbonyl (C=O) groups is 2. The number of rotatable bonds is 9. The molecule has 0 bridgehead atoms. The highest BCUT2D eigenvalue weighted by Crippen LogP contribution is 2.64. The second-order valence-corrected chi connectivity index (χ2v) is 12.0. The van der Waals surface area contributed by atoms with Gasteiger partial charge in [-0.1, -0.05) is 67.1 Å². The molecule has 3 aromatic carbocycles. The number of hydrogen-bond donors (Lipinski definition) is 0. The van der Waals surface area contributed by atoms with Crippen LogP contribution in [0.3, 0.4) is 0 Å². The van der Waals surface area contributed by atoms with Gasteiger partial charge in [0.25, 0.3) is 0 Å². The van der Waals surface area contributed by atoms with Crippen molar-refractivity contribution in [1.29, 1.82) is 0 Å². The molecule has 0 N–H and O–H groups in total. The molecule has 0 aliphatic rings. The lowest BCUT2D eigenvalue weighted by Crippen LogP contribution is -2.37. The number of hydrogen-bond acceptors (Lipinski definition) is 4. The van der Waals surface area contributed by atoms with Crippen LogP contribution in [0.25, 0.3) is 0 Å². The molecule has 4 nitrogen and oxygen atoms in total. The second kappa shape index (κ2) is 13.3. The standard InChI is InChI=1S/C31H29F3O4P/c1-4-38-30(36)28(22-24(31(32,33)34)20-21-29(35)37-3)23(2)39(25-14-8-5-9-15-25,26-16-10-6-11-17-26)27-18-12-7-13-19-27/h5-19,24,28H,2,4,22H2,1,3H3/q+1. The van der Waals surface area contributed by atoms with Crippen molar-refractivity contribution in [3.63, 3.8) is 0 Å². The molecule has 39 heavy (non-hydrogen) atoms. The Bertz CT molecular complexity index is 1230. The van der Waals surface area contributed by atoms with Gasteiger partial charge < -0.3 is 9.47 Å². The largest absolute Gasteiger partial charge is 0.465 e. The number of halogens is 3. The first-order valence-corrected chi connectivity index (χ1v) is 14.0. The summed E-state index contributed by atoms with van der Waals surface area (Å²) in [6.45, 7) is 5.91. The van der Waals surface area contributed by atoms with Gasteiger partial charge in [-0.25, -0.2) is 4.79 Å². The van der Waals surface area contributed by atoms with Crippen LogP contribution in [-0.4, -0.2) is 31.8 Å². The lowest BCUT2D eigenvalue weighted by molar-refractivity contribution is -0.166. The van der Waals surface area contributed by atoms with E-state index in [0.29, 0.717) is 5.31 Å². The monoisotopic (exact) mass is 553 g/mol. The minimum absolute atomic E-state index is 0.0272. The van der Waals surface area contributed by atoms with Crippen LogP contribution in [0.15, 0.2) is 103 Å². The molecule has 0 saturated heterocycles. The van der Waals surface area contributed by atoms with Crippen molar-refractivity contribution in [3.8, 4) is 11.8 Å². The number of esters is 2. The van der Waals surface area contributed by atoms with E-state index in [1.54, 1.807) is 6.92 Å². The Hall–Kier alpha value is -3.88. The van der Waals surface area contributed by atoms with Crippen LogP contribution >= 0.6 is 7.26 Å². The minimum Gasteiger partial charge on any atom is -0.465 e. The molecule has 2 atom stereocenters. The van der Waals surface area contributed by atoms with Gasteiger partial charge in [0.1, 0.15) is 35.0 Å². The van der Waals surface area contributed by atoms with E-state index >= 15 is 0 Å². The summed E-state index contributed by atoms with van der Waals surface area (Å²) in [7, 11) is -1.90. The van der Waals surface area contributed by atoms with Gasteiger partial charge in [-0.2, -0.15) is 13.2 Å². The predicted octanol–water partition coefficient (Wildman–Crippen LogP) is 5.42. The molecule has 0 fully saturated rings. The lowest BCUT2D eigenvalue weighted by atomic mass is 9.94. The van der Waals surface area contributed by atoms with Crippen LogP contribution in [0.5, 0.6) is 0 Å². The molecule has 0 saturated carbocycles. The number of carbonyl (C=O) groups excluding carboxylic acids is 2. The fraction of sp³-hybridized carbons (Fsp3) is 0.226. The van der Waals surface area contributed by atoms with E-state index in [4.69, 9.17) is 4.74 Å². The number of alkyl halides is 3. The molecule has 2 unspecified atom stereocenters. The van der Waals surface area contributed by atoms with Gasteiger partial charge >= 0.3 is 18.1 Å². The van der Waals surface area contributed by atoms with Crippen molar-refractivity contribution in [1.82, 2.24) is 0 Å². The minimum atomic E-state index is -4.82. The summed E-state index contributed by atoms with van der Waals surface area (Å²) in [6.07, 6.45) is -5.58. The molecule has 3 rings (SSSR count). The third-order valence-electron chi connectivity index (χ3n) is 6.24. The van der Waals surface area contributed by atoms with Crippen molar-refractivity contribution in [3.05, 3.63) is 103 Å². The molecule has 0 radical (unpaired) electrons. The third kappa shape index (κ3) is 6.77. The normalized spacial score (nSPS) is 12.8. The zero-order valence-corrected chi connectivity index (χ0v) is 22.5. The van der Waals surface area contributed by atoms with Crippen LogP contribution in [0, 0.1) is 23.7 Å². The molecule has 8 heteroatoms. The van der Waals surface area contributed by atoms with Crippen LogP contribution in [-0.2, 0) is 19.1 Å². The van der Waals surface area contributed by atoms with Crippen LogP contribution in [0.1, 0.15) is 13.3 Å². The Kier molecular flexibility index (Phi) is 10.1. The van der Waals surface area contributed by atoms with E-state index in [1.807, 2.05) is 103 Å². The van der Waals surface area contributed by atoms with Crippen molar-refractivity contribution in [2.75, 3.05) is 13.7 Å². The van der Waals surface area contributed by atoms with Crippen LogP contribution in [0.4, 0.5) is 13.2 Å². The van der Waals surface area contributed by atoms with Gasteiger partial charge in [-0.05, 0) is 49.7 Å². The molecule has 202 valence electrons. The summed E-state index contributed by atoms with van der Waals surface area (Å²) in [4.78, 5) is 25.0. The number of methoxy groups -OCH3 is 1. The Balaban J connectivity index is 2.31. The van der Waals surface area contributed by atoms with Crippen molar-refractivity contribution < 1.29 is 32.2 Å². The summed E-state index contributed by atoms with van der Waals surface area (Å²) >= 11 is 0. The van der Waals surface area contributed by atoms with Gasteiger partial charge in [-0.15, -0.1) is 0 Å². The van der Waals surface area contributed by atoms with E-state index < -0.39 is 43.6 Å². The highest BCUT2D eigenvalue weighted by atomic mass is 31.2. The fourth-order valence-electron chi connectivity index (χ4n) is 4.45. The molecule has 0 aromatic heterocycles. The van der Waals surface area contributed by atoms with Gasteiger partial charge in [0, 0.05) is 5.92 Å². The highest BCUT2D eigenvalue weighted by Gasteiger charge is 2.54. The third-order valence-corrected chi connectivity index (χ3v) is 10.6. The fourth-order valence-corrected chi connectivity index (χ4v) is 8.88. The second-order valence-electron chi connectivity index (χ2n) is 8.56. The summed E-state index contributed by atoms with van der Waals surface area (Å²) < 4.78 is 52.3.